The van der Waals surface area contributed by atoms with Crippen molar-refractivity contribution in [1.82, 2.24) is 9.80 Å². The highest BCUT2D eigenvalue weighted by Gasteiger charge is 2.27. The van der Waals surface area contributed by atoms with Gasteiger partial charge in [-0.25, -0.2) is 0 Å². The molecule has 0 radical (unpaired) electrons. The van der Waals surface area contributed by atoms with E-state index in [-0.39, 0.29) is 6.04 Å². The van der Waals surface area contributed by atoms with Crippen molar-refractivity contribution in [2.24, 2.45) is 10.7 Å². The summed E-state index contributed by atoms with van der Waals surface area (Å²) in [5, 5.41) is 0. The summed E-state index contributed by atoms with van der Waals surface area (Å²) in [5.74, 6) is 1.53. The van der Waals surface area contributed by atoms with E-state index < -0.39 is 0 Å². The molecule has 0 saturated heterocycles. The number of nitrogens with two attached hydrogens (primary N) is 1. The molecule has 0 heterocycles. The van der Waals surface area contributed by atoms with Crippen LogP contribution in [0.3, 0.4) is 0 Å². The van der Waals surface area contributed by atoms with Gasteiger partial charge in [-0.15, -0.1) is 0 Å². The van der Waals surface area contributed by atoms with Crippen molar-refractivity contribution in [3.8, 4) is 5.75 Å². The molecule has 0 aliphatic heterocycles. The molecule has 1 aromatic carbocycles. The van der Waals surface area contributed by atoms with Gasteiger partial charge < -0.3 is 15.4 Å². The van der Waals surface area contributed by atoms with Crippen molar-refractivity contribution in [3.63, 3.8) is 0 Å². The third-order valence-corrected chi connectivity index (χ3v) is 4.61. The quantitative estimate of drug-likeness (QED) is 0.591. The molecular weight excluding hydrogens is 288 g/mol. The highest BCUT2D eigenvalue weighted by Crippen LogP contribution is 2.26. The van der Waals surface area contributed by atoms with Crippen LogP contribution in [0, 0.1) is 0 Å². The zero-order chi connectivity index (χ0) is 16.8. The zero-order valence-electron chi connectivity index (χ0n) is 14.8. The standard InChI is InChI=1S/C18H30N4O/c1-5-22(6-2)17(14-8-7-9-16(12-14)23-4)13-20-18(19)21(3)15-10-11-15/h7-9,12,15,17H,5-6,10-11,13H2,1-4H3,(H2,19,20). The average molecular weight is 318 g/mol. The summed E-state index contributed by atoms with van der Waals surface area (Å²) in [4.78, 5) is 9.18. The molecule has 1 aliphatic carbocycles. The first kappa shape index (κ1) is 17.6. The lowest BCUT2D eigenvalue weighted by Gasteiger charge is -2.29. The number of hydrogen-bond donors (Lipinski definition) is 1. The molecule has 5 nitrogen and oxygen atoms in total. The Morgan fingerprint density at radius 1 is 1.35 bits per heavy atom. The molecule has 128 valence electrons. The molecule has 1 atom stereocenters. The highest BCUT2D eigenvalue weighted by molar-refractivity contribution is 5.78. The van der Waals surface area contributed by atoms with Crippen LogP contribution in [-0.2, 0) is 0 Å². The highest BCUT2D eigenvalue weighted by atomic mass is 16.5. The van der Waals surface area contributed by atoms with E-state index in [0.29, 0.717) is 18.5 Å². The molecule has 1 aromatic rings. The number of aliphatic imine (C=N–C) groups is 1. The van der Waals surface area contributed by atoms with Gasteiger partial charge >= 0.3 is 0 Å². The first-order valence-electron chi connectivity index (χ1n) is 8.51. The van der Waals surface area contributed by atoms with E-state index in [4.69, 9.17) is 10.5 Å². The summed E-state index contributed by atoms with van der Waals surface area (Å²) in [7, 11) is 3.74. The minimum absolute atomic E-state index is 0.214. The molecule has 1 fully saturated rings. The molecular formula is C18H30N4O. The number of guanidine groups is 1. The summed E-state index contributed by atoms with van der Waals surface area (Å²) in [6.07, 6.45) is 2.45. The first-order valence-corrected chi connectivity index (χ1v) is 8.51. The second-order valence-corrected chi connectivity index (χ2v) is 6.05. The maximum Gasteiger partial charge on any atom is 0.191 e. The number of benzene rings is 1. The Bertz CT molecular complexity index is 524. The Kier molecular flexibility index (Phi) is 6.28. The van der Waals surface area contributed by atoms with Crippen molar-refractivity contribution < 1.29 is 4.74 Å². The Balaban J connectivity index is 2.17. The average Bonchev–Trinajstić information content (AvgIpc) is 3.42. The summed E-state index contributed by atoms with van der Waals surface area (Å²) in [5.41, 5.74) is 7.38. The van der Waals surface area contributed by atoms with E-state index in [1.807, 2.05) is 19.2 Å². The molecule has 1 saturated carbocycles. The molecule has 1 aliphatic rings. The summed E-state index contributed by atoms with van der Waals surface area (Å²) in [6.45, 7) is 6.98. The number of ether oxygens (including phenoxy) is 1. The van der Waals surface area contributed by atoms with Gasteiger partial charge in [0.2, 0.25) is 0 Å². The number of nitrogens with zero attached hydrogens (tertiary/aromatic N) is 3. The number of methoxy groups -OCH3 is 1. The Hall–Kier alpha value is -1.75. The maximum absolute atomic E-state index is 6.16. The molecule has 0 amide bonds. The number of hydrogen-bond acceptors (Lipinski definition) is 3. The van der Waals surface area contributed by atoms with Gasteiger partial charge in [0, 0.05) is 13.1 Å². The molecule has 5 heteroatoms. The van der Waals surface area contributed by atoms with Gasteiger partial charge in [-0.05, 0) is 43.6 Å². The normalized spacial score (nSPS) is 16.5. The third-order valence-electron chi connectivity index (χ3n) is 4.61. The molecule has 0 spiro atoms. The fourth-order valence-corrected chi connectivity index (χ4v) is 2.89. The summed E-state index contributed by atoms with van der Waals surface area (Å²) < 4.78 is 5.37. The van der Waals surface area contributed by atoms with Crippen molar-refractivity contribution in [2.45, 2.75) is 38.8 Å². The summed E-state index contributed by atoms with van der Waals surface area (Å²) in [6, 6.07) is 9.05. The van der Waals surface area contributed by atoms with Gasteiger partial charge in [-0.3, -0.25) is 9.89 Å². The van der Waals surface area contributed by atoms with Crippen molar-refractivity contribution in [2.75, 3.05) is 33.8 Å². The maximum atomic E-state index is 6.16. The molecule has 0 aromatic heterocycles. The van der Waals surface area contributed by atoms with Crippen molar-refractivity contribution >= 4 is 5.96 Å². The van der Waals surface area contributed by atoms with Crippen LogP contribution < -0.4 is 10.5 Å². The van der Waals surface area contributed by atoms with Gasteiger partial charge in [0.25, 0.3) is 0 Å². The van der Waals surface area contributed by atoms with Gasteiger partial charge in [-0.2, -0.15) is 0 Å². The van der Waals surface area contributed by atoms with Gasteiger partial charge in [0.15, 0.2) is 5.96 Å². The largest absolute Gasteiger partial charge is 0.497 e. The van der Waals surface area contributed by atoms with E-state index in [1.165, 1.54) is 18.4 Å². The van der Waals surface area contributed by atoms with Crippen LogP contribution in [0.15, 0.2) is 29.3 Å². The SMILES string of the molecule is CCN(CC)C(CN=C(N)N(C)C1CC1)c1cccc(OC)c1. The monoisotopic (exact) mass is 318 g/mol. The molecule has 2 N–H and O–H groups in total. The molecule has 23 heavy (non-hydrogen) atoms. The molecule has 2 rings (SSSR count). The Labute approximate surface area is 140 Å². The van der Waals surface area contributed by atoms with E-state index >= 15 is 0 Å². The van der Waals surface area contributed by atoms with E-state index in [2.05, 4.69) is 40.8 Å². The minimum Gasteiger partial charge on any atom is -0.497 e. The van der Waals surface area contributed by atoms with Crippen molar-refractivity contribution in [3.05, 3.63) is 29.8 Å². The second kappa shape index (κ2) is 8.20. The van der Waals surface area contributed by atoms with Gasteiger partial charge in [0.1, 0.15) is 5.75 Å². The minimum atomic E-state index is 0.214. The van der Waals surface area contributed by atoms with Gasteiger partial charge in [0.05, 0.1) is 19.7 Å². The van der Waals surface area contributed by atoms with E-state index in [1.54, 1.807) is 7.11 Å². The van der Waals surface area contributed by atoms with E-state index in [0.717, 1.165) is 18.8 Å². The van der Waals surface area contributed by atoms with Gasteiger partial charge in [-0.1, -0.05) is 26.0 Å². The zero-order valence-corrected chi connectivity index (χ0v) is 14.8. The van der Waals surface area contributed by atoms with Crippen LogP contribution in [0.5, 0.6) is 5.75 Å². The first-order chi connectivity index (χ1) is 11.1. The van der Waals surface area contributed by atoms with Crippen molar-refractivity contribution in [1.29, 1.82) is 0 Å². The Morgan fingerprint density at radius 2 is 2.04 bits per heavy atom. The molecule has 0 bridgehead atoms. The fourth-order valence-electron chi connectivity index (χ4n) is 2.89. The summed E-state index contributed by atoms with van der Waals surface area (Å²) >= 11 is 0. The van der Waals surface area contributed by atoms with Crippen LogP contribution >= 0.6 is 0 Å². The molecule has 1 unspecified atom stereocenters. The predicted molar refractivity (Wildman–Crippen MR) is 95.9 cm³/mol. The lowest BCUT2D eigenvalue weighted by atomic mass is 10.0. The van der Waals surface area contributed by atoms with Crippen LogP contribution in [0.4, 0.5) is 0 Å². The van der Waals surface area contributed by atoms with Crippen LogP contribution in [-0.4, -0.2) is 55.6 Å². The second-order valence-electron chi connectivity index (χ2n) is 6.05. The van der Waals surface area contributed by atoms with Crippen LogP contribution in [0.25, 0.3) is 0 Å². The number of rotatable bonds is 8. The number of likely N-dealkylation sites (N-methyl/N-ethyl adjacent to an activating group) is 1. The predicted octanol–water partition coefficient (Wildman–Crippen LogP) is 2.49. The third kappa shape index (κ3) is 4.61. The lowest BCUT2D eigenvalue weighted by molar-refractivity contribution is 0.223. The Morgan fingerprint density at radius 3 is 2.61 bits per heavy atom. The smallest absolute Gasteiger partial charge is 0.191 e. The lowest BCUT2D eigenvalue weighted by Crippen LogP contribution is -2.37. The topological polar surface area (TPSA) is 54.1 Å². The van der Waals surface area contributed by atoms with Crippen LogP contribution in [0.2, 0.25) is 0 Å². The fraction of sp³-hybridized carbons (Fsp3) is 0.611. The van der Waals surface area contributed by atoms with E-state index in [9.17, 15) is 0 Å². The van der Waals surface area contributed by atoms with Crippen LogP contribution in [0.1, 0.15) is 38.3 Å².